The molecule has 28 heavy (non-hydrogen) atoms. The van der Waals surface area contributed by atoms with Crippen molar-refractivity contribution in [3.8, 4) is 0 Å². The van der Waals surface area contributed by atoms with Crippen molar-refractivity contribution in [3.05, 3.63) is 11.8 Å². The lowest BCUT2D eigenvalue weighted by Crippen LogP contribution is -2.51. The number of aliphatic hydroxyl groups is 1. The van der Waals surface area contributed by atoms with E-state index in [1.54, 1.807) is 11.0 Å². The number of aliphatic imine (C=N–C) groups is 1. The molecule has 0 saturated carbocycles. The Morgan fingerprint density at radius 1 is 1.54 bits per heavy atom. The number of hydrogen-bond donors (Lipinski definition) is 2. The first-order valence-corrected chi connectivity index (χ1v) is 9.82. The maximum atomic E-state index is 13.5. The molecule has 0 aromatic carbocycles. The van der Waals surface area contributed by atoms with Gasteiger partial charge in [0.15, 0.2) is 0 Å². The highest BCUT2D eigenvalue weighted by molar-refractivity contribution is 6.97. The van der Waals surface area contributed by atoms with Gasteiger partial charge >= 0.3 is 0 Å². The summed E-state index contributed by atoms with van der Waals surface area (Å²) >= 11 is 0. The second-order valence-corrected chi connectivity index (χ2v) is 8.29. The molecule has 2 N–H and O–H groups in total. The summed E-state index contributed by atoms with van der Waals surface area (Å²) in [5, 5.41) is 16.2. The first-order valence-electron chi connectivity index (χ1n) is 9.82. The van der Waals surface area contributed by atoms with Gasteiger partial charge in [0.05, 0.1) is 12.1 Å². The summed E-state index contributed by atoms with van der Waals surface area (Å²) in [6.07, 6.45) is -0.137. The van der Waals surface area contributed by atoms with E-state index >= 15 is 0 Å². The summed E-state index contributed by atoms with van der Waals surface area (Å²) < 4.78 is 5.39. The van der Waals surface area contributed by atoms with Gasteiger partial charge in [0.2, 0.25) is 5.91 Å². The fraction of sp³-hybridized carbons (Fsp3) is 0.722. The molecular formula is C18H28B2N5O3. The predicted molar refractivity (Wildman–Crippen MR) is 108 cm³/mol. The monoisotopic (exact) mass is 384 g/mol. The van der Waals surface area contributed by atoms with E-state index in [9.17, 15) is 9.90 Å². The maximum absolute atomic E-state index is 13.5. The van der Waals surface area contributed by atoms with Crippen LogP contribution in [0.4, 0.5) is 0 Å². The third-order valence-corrected chi connectivity index (χ3v) is 5.45. The summed E-state index contributed by atoms with van der Waals surface area (Å²) in [5.74, 6) is 0.577. The Kier molecular flexibility index (Phi) is 5.91. The van der Waals surface area contributed by atoms with Crippen molar-refractivity contribution in [1.82, 2.24) is 20.5 Å². The Morgan fingerprint density at radius 2 is 2.25 bits per heavy atom. The molecule has 3 heterocycles. The molecule has 0 bridgehead atoms. The Hall–Kier alpha value is -1.80. The molecule has 1 fully saturated rings. The van der Waals surface area contributed by atoms with E-state index in [0.29, 0.717) is 23.6 Å². The highest BCUT2D eigenvalue weighted by Crippen LogP contribution is 2.32. The van der Waals surface area contributed by atoms with Crippen LogP contribution in [0.2, 0.25) is 0 Å². The third kappa shape index (κ3) is 3.85. The number of hydrogen-bond acceptors (Lipinski definition) is 7. The summed E-state index contributed by atoms with van der Waals surface area (Å²) in [5.41, 5.74) is 3.41. The fourth-order valence-corrected chi connectivity index (χ4v) is 4.03. The number of nitrogens with one attached hydrogen (secondary N) is 1. The van der Waals surface area contributed by atoms with Crippen LogP contribution in [-0.4, -0.2) is 77.7 Å². The molecule has 3 unspecified atom stereocenters. The standard InChI is InChI=1S/C18H28B2N5O3/c1-6-25-18(4,5)21-16(22-25)12-7-11(26)9-24(12)17(27)15(10(2)3)13-8-14(20-19)23-28-13/h8,10-12,15,26H,6-7,9H2,1-5H3,(H,21,22). The van der Waals surface area contributed by atoms with E-state index < -0.39 is 17.7 Å². The van der Waals surface area contributed by atoms with Crippen molar-refractivity contribution in [2.24, 2.45) is 10.9 Å². The lowest BCUT2D eigenvalue weighted by molar-refractivity contribution is -0.134. The minimum absolute atomic E-state index is 0.00785. The molecule has 8 nitrogen and oxygen atoms in total. The van der Waals surface area contributed by atoms with Crippen LogP contribution in [0.5, 0.6) is 0 Å². The van der Waals surface area contributed by atoms with Gasteiger partial charge in [-0.2, -0.15) is 5.01 Å². The molecule has 3 atom stereocenters. The molecule has 10 heteroatoms. The van der Waals surface area contributed by atoms with Crippen LogP contribution in [0.1, 0.15) is 52.7 Å². The van der Waals surface area contributed by atoms with Crippen molar-refractivity contribution in [3.63, 3.8) is 0 Å². The van der Waals surface area contributed by atoms with Gasteiger partial charge in [-0.1, -0.05) is 25.9 Å². The lowest BCUT2D eigenvalue weighted by atomic mass is 9.53. The van der Waals surface area contributed by atoms with Crippen LogP contribution in [-0.2, 0) is 4.79 Å². The van der Waals surface area contributed by atoms with Crippen LogP contribution in [0.25, 0.3) is 0 Å². The first kappa shape index (κ1) is 20.9. The normalized spacial score (nSPS) is 25.7. The number of aliphatic hydroxyl groups excluding tert-OH is 1. The van der Waals surface area contributed by atoms with E-state index in [0.717, 1.165) is 6.54 Å². The minimum Gasteiger partial charge on any atom is -0.391 e. The van der Waals surface area contributed by atoms with Gasteiger partial charge in [0.1, 0.15) is 30.3 Å². The molecule has 0 aliphatic carbocycles. The maximum Gasteiger partial charge on any atom is 0.234 e. The van der Waals surface area contributed by atoms with Gasteiger partial charge in [-0.05, 0) is 25.8 Å². The van der Waals surface area contributed by atoms with Crippen LogP contribution in [0, 0.1) is 5.92 Å². The molecular weight excluding hydrogens is 356 g/mol. The number of amides is 1. The molecule has 1 aromatic rings. The van der Waals surface area contributed by atoms with Crippen molar-refractivity contribution in [1.29, 1.82) is 0 Å². The molecule has 2 aliphatic rings. The van der Waals surface area contributed by atoms with Crippen LogP contribution >= 0.6 is 0 Å². The van der Waals surface area contributed by atoms with Gasteiger partial charge < -0.3 is 20.0 Å². The van der Waals surface area contributed by atoms with Gasteiger partial charge in [-0.3, -0.25) is 4.79 Å². The number of β-amino-alcohol motifs (C(OH)–C–C–N with tert-alkyl or cyclic N) is 1. The zero-order valence-electron chi connectivity index (χ0n) is 17.2. The van der Waals surface area contributed by atoms with Gasteiger partial charge in [-0.15, -0.1) is 0 Å². The van der Waals surface area contributed by atoms with E-state index in [-0.39, 0.29) is 24.4 Å². The second-order valence-electron chi connectivity index (χ2n) is 8.29. The molecule has 1 amide bonds. The lowest BCUT2D eigenvalue weighted by Gasteiger charge is -2.30. The van der Waals surface area contributed by atoms with Crippen molar-refractivity contribution in [2.75, 3.05) is 13.1 Å². The number of carbonyl (C=O) groups excluding carboxylic acids is 1. The minimum atomic E-state index is -0.590. The van der Waals surface area contributed by atoms with E-state index in [4.69, 9.17) is 17.3 Å². The Bertz CT molecular complexity index is 751. The molecule has 0 spiro atoms. The number of carbonyl (C=O) groups is 1. The van der Waals surface area contributed by atoms with Crippen molar-refractivity contribution >= 4 is 32.2 Å². The van der Waals surface area contributed by atoms with Crippen molar-refractivity contribution in [2.45, 2.75) is 64.8 Å². The zero-order chi connectivity index (χ0) is 20.6. The quantitative estimate of drug-likeness (QED) is 0.658. The van der Waals surface area contributed by atoms with Crippen LogP contribution < -0.4 is 11.0 Å². The first-order chi connectivity index (χ1) is 13.2. The molecule has 149 valence electrons. The second kappa shape index (κ2) is 7.91. The molecule has 2 aliphatic heterocycles. The van der Waals surface area contributed by atoms with E-state index in [1.165, 1.54) is 7.17 Å². The average molecular weight is 384 g/mol. The number of hydrazine groups is 1. The molecule has 3 radical (unpaired) electrons. The SMILES string of the molecule is [B][B]c1cc(C(C(=O)N2CC(O)CC2C2=NC(C)(C)N(CC)N2)C(C)C)on1. The third-order valence-electron chi connectivity index (χ3n) is 5.45. The van der Waals surface area contributed by atoms with Crippen LogP contribution in [0.15, 0.2) is 15.6 Å². The topological polar surface area (TPSA) is 94.2 Å². The predicted octanol–water partition coefficient (Wildman–Crippen LogP) is -0.236. The number of rotatable bonds is 6. The Morgan fingerprint density at radius 3 is 2.79 bits per heavy atom. The molecule has 3 rings (SSSR count). The van der Waals surface area contributed by atoms with E-state index in [2.05, 4.69) is 10.6 Å². The zero-order valence-corrected chi connectivity index (χ0v) is 17.2. The highest BCUT2D eigenvalue weighted by atomic mass is 16.5. The smallest absolute Gasteiger partial charge is 0.234 e. The Labute approximate surface area is 168 Å². The number of amidine groups is 1. The number of nitrogens with zero attached hydrogens (tertiary/aromatic N) is 4. The summed E-state index contributed by atoms with van der Waals surface area (Å²) in [7, 11) is 6.85. The summed E-state index contributed by atoms with van der Waals surface area (Å²) in [6, 6.07) is 1.39. The van der Waals surface area contributed by atoms with Gasteiger partial charge in [-0.25, -0.2) is 4.99 Å². The summed E-state index contributed by atoms with van der Waals surface area (Å²) in [6.45, 7) is 11.1. The molecule has 1 saturated heterocycles. The number of likely N-dealkylation sites (tertiary alicyclic amines) is 1. The largest absolute Gasteiger partial charge is 0.391 e. The van der Waals surface area contributed by atoms with Gasteiger partial charge in [0, 0.05) is 32.8 Å². The highest BCUT2D eigenvalue weighted by Gasteiger charge is 2.45. The number of aromatic nitrogens is 1. The van der Waals surface area contributed by atoms with E-state index in [1.807, 2.05) is 39.6 Å². The van der Waals surface area contributed by atoms with Gasteiger partial charge in [0.25, 0.3) is 0 Å². The van der Waals surface area contributed by atoms with Crippen LogP contribution in [0.3, 0.4) is 0 Å². The average Bonchev–Trinajstić information content (AvgIpc) is 3.31. The molecule has 1 aromatic heterocycles. The van der Waals surface area contributed by atoms with Crippen molar-refractivity contribution < 1.29 is 14.4 Å². The Balaban J connectivity index is 1.88. The summed E-state index contributed by atoms with van der Waals surface area (Å²) in [4.78, 5) is 20.0. The fourth-order valence-electron chi connectivity index (χ4n) is 4.03.